The van der Waals surface area contributed by atoms with Gasteiger partial charge in [0.1, 0.15) is 42.0 Å². The van der Waals surface area contributed by atoms with Crippen molar-refractivity contribution in [3.05, 3.63) is 12.7 Å². The van der Waals surface area contributed by atoms with Crippen molar-refractivity contribution in [1.82, 2.24) is 19.5 Å². The van der Waals surface area contributed by atoms with Crippen LogP contribution >= 0.6 is 22.6 Å². The van der Waals surface area contributed by atoms with E-state index in [4.69, 9.17) is 24.8 Å². The summed E-state index contributed by atoms with van der Waals surface area (Å²) in [5.74, 6) is -2.83. The minimum absolute atomic E-state index is 0.0710. The summed E-state index contributed by atoms with van der Waals surface area (Å²) in [5, 5.41) is 20.5. The fraction of sp³-hybridized carbons (Fsp3) is 0.583. The highest BCUT2D eigenvalue weighted by atomic mass is 31.3. The van der Waals surface area contributed by atoms with Gasteiger partial charge in [-0.3, -0.25) is 18.3 Å². The molecular formula is C12H20N5O11P3. The summed E-state index contributed by atoms with van der Waals surface area (Å²) >= 11 is 0. The molecule has 3 rings (SSSR count). The molecule has 16 nitrogen and oxygen atoms in total. The number of aliphatic hydroxyl groups is 2. The second-order valence-electron chi connectivity index (χ2n) is 6.86. The molecule has 3 heterocycles. The Labute approximate surface area is 173 Å². The Morgan fingerprint density at radius 2 is 1.74 bits per heavy atom. The van der Waals surface area contributed by atoms with Crippen LogP contribution in [0.25, 0.3) is 11.2 Å². The third-order valence-electron chi connectivity index (χ3n) is 4.24. The van der Waals surface area contributed by atoms with Gasteiger partial charge >= 0.3 is 15.2 Å². The van der Waals surface area contributed by atoms with Crippen LogP contribution in [-0.2, 0) is 23.0 Å². The second-order valence-corrected chi connectivity index (χ2v) is 13.7. The molecule has 8 N–H and O–H groups in total. The van der Waals surface area contributed by atoms with Gasteiger partial charge in [0.25, 0.3) is 0 Å². The molecule has 1 saturated heterocycles. The smallest absolute Gasteiger partial charge is 0.337 e. The molecule has 19 heteroatoms. The molecule has 0 aromatic carbocycles. The standard InChI is InChI=1S/C12H20N5O11P3/c13-10-7-11(15-2-14-10)17(3-16-7)12-9(19)8(18)6(28-12)1-27-31(25,26)5-29(20,21)4-30(22,23)24/h2-3,6,8-9,12,18-19H,1,4-5H2,(H,20,21)(H,25,26)(H2,13,14,15)(H2,22,23,24)/t6-,8-,9-,12+/m0/s1. The van der Waals surface area contributed by atoms with E-state index in [0.29, 0.717) is 0 Å². The van der Waals surface area contributed by atoms with Gasteiger partial charge in [-0.2, -0.15) is 0 Å². The molecule has 2 aromatic rings. The van der Waals surface area contributed by atoms with Crippen molar-refractivity contribution in [1.29, 1.82) is 0 Å². The number of aromatic nitrogens is 4. The lowest BCUT2D eigenvalue weighted by Gasteiger charge is -2.20. The molecule has 2 unspecified atom stereocenters. The summed E-state index contributed by atoms with van der Waals surface area (Å²) in [6.07, 6.45) is -3.28. The number of anilines is 1. The van der Waals surface area contributed by atoms with Crippen molar-refractivity contribution >= 4 is 39.5 Å². The van der Waals surface area contributed by atoms with Crippen LogP contribution < -0.4 is 5.73 Å². The minimum atomic E-state index is -4.92. The van der Waals surface area contributed by atoms with Gasteiger partial charge in [-0.25, -0.2) is 15.0 Å². The molecule has 0 saturated carbocycles. The zero-order chi connectivity index (χ0) is 23.2. The average molecular weight is 503 g/mol. The molecule has 0 bridgehead atoms. The normalized spacial score (nSPS) is 28.5. The Morgan fingerprint density at radius 1 is 1.06 bits per heavy atom. The van der Waals surface area contributed by atoms with E-state index in [1.165, 1.54) is 10.9 Å². The van der Waals surface area contributed by atoms with Gasteiger partial charge in [0.2, 0.25) is 7.37 Å². The first-order chi connectivity index (χ1) is 14.2. The Bertz CT molecular complexity index is 1110. The monoisotopic (exact) mass is 503 g/mol. The molecular weight excluding hydrogens is 483 g/mol. The average Bonchev–Trinajstić information content (AvgIpc) is 3.13. The Balaban J connectivity index is 1.69. The van der Waals surface area contributed by atoms with E-state index >= 15 is 0 Å². The fourth-order valence-corrected chi connectivity index (χ4v) is 9.40. The maximum atomic E-state index is 12.1. The number of ether oxygens (including phenoxy) is 1. The van der Waals surface area contributed by atoms with Crippen molar-refractivity contribution in [3.63, 3.8) is 0 Å². The molecule has 0 spiro atoms. The predicted molar refractivity (Wildman–Crippen MR) is 103 cm³/mol. The largest absolute Gasteiger partial charge is 0.387 e. The van der Waals surface area contributed by atoms with E-state index in [1.54, 1.807) is 0 Å². The number of nitrogens with two attached hydrogens (primary N) is 1. The van der Waals surface area contributed by atoms with Crippen LogP contribution in [0.15, 0.2) is 12.7 Å². The van der Waals surface area contributed by atoms with Crippen molar-refractivity contribution in [3.8, 4) is 0 Å². The van der Waals surface area contributed by atoms with Crippen LogP contribution in [0, 0.1) is 0 Å². The Hall–Kier alpha value is -1.28. The highest BCUT2D eigenvalue weighted by Crippen LogP contribution is 2.63. The molecule has 1 aliphatic rings. The third kappa shape index (κ3) is 5.75. The Morgan fingerprint density at radius 3 is 2.39 bits per heavy atom. The van der Waals surface area contributed by atoms with E-state index < -0.39 is 65.5 Å². The summed E-state index contributed by atoms with van der Waals surface area (Å²) in [5.41, 5.74) is 6.10. The molecule has 0 amide bonds. The van der Waals surface area contributed by atoms with Crippen LogP contribution in [0.4, 0.5) is 5.82 Å². The topological polar surface area (TPSA) is 261 Å². The van der Waals surface area contributed by atoms with Crippen molar-refractivity contribution < 1.29 is 52.7 Å². The van der Waals surface area contributed by atoms with Crippen molar-refractivity contribution in [2.24, 2.45) is 0 Å². The highest BCUT2D eigenvalue weighted by Gasteiger charge is 2.46. The number of rotatable bonds is 8. The zero-order valence-corrected chi connectivity index (χ0v) is 18.2. The molecule has 174 valence electrons. The van der Waals surface area contributed by atoms with Gasteiger partial charge in [-0.1, -0.05) is 0 Å². The lowest BCUT2D eigenvalue weighted by molar-refractivity contribution is -0.0483. The molecule has 2 aromatic heterocycles. The van der Waals surface area contributed by atoms with E-state index in [0.717, 1.165) is 6.33 Å². The first-order valence-electron chi connectivity index (χ1n) is 8.45. The van der Waals surface area contributed by atoms with E-state index in [-0.39, 0.29) is 17.0 Å². The first-order valence-corrected chi connectivity index (χ1v) is 14.0. The summed E-state index contributed by atoms with van der Waals surface area (Å²) in [6, 6.07) is 0. The molecule has 1 aliphatic heterocycles. The van der Waals surface area contributed by atoms with Crippen molar-refractivity contribution in [2.75, 3.05) is 24.1 Å². The first kappa shape index (κ1) is 24.4. The number of nitrogen functional groups attached to an aromatic ring is 1. The summed E-state index contributed by atoms with van der Waals surface area (Å²) < 4.78 is 46.3. The number of aliphatic hydroxyl groups excluding tert-OH is 2. The number of hydrogen-bond acceptors (Lipinski definition) is 11. The fourth-order valence-electron chi connectivity index (χ4n) is 3.00. The number of nitrogens with zero attached hydrogens (tertiary/aromatic N) is 4. The Kier molecular flexibility index (Phi) is 6.74. The van der Waals surface area contributed by atoms with E-state index in [1.807, 2.05) is 0 Å². The van der Waals surface area contributed by atoms with Gasteiger partial charge in [0.15, 0.2) is 17.7 Å². The molecule has 31 heavy (non-hydrogen) atoms. The van der Waals surface area contributed by atoms with Gasteiger partial charge < -0.3 is 44.8 Å². The lowest BCUT2D eigenvalue weighted by atomic mass is 10.1. The molecule has 0 aliphatic carbocycles. The van der Waals surface area contributed by atoms with E-state index in [9.17, 15) is 33.7 Å². The van der Waals surface area contributed by atoms with Crippen molar-refractivity contribution in [2.45, 2.75) is 24.5 Å². The van der Waals surface area contributed by atoms with Crippen LogP contribution in [0.5, 0.6) is 0 Å². The second kappa shape index (κ2) is 8.58. The van der Waals surface area contributed by atoms with E-state index in [2.05, 4.69) is 15.0 Å². The lowest BCUT2D eigenvalue weighted by Crippen LogP contribution is -2.33. The third-order valence-corrected chi connectivity index (χ3v) is 11.2. The zero-order valence-electron chi connectivity index (χ0n) is 15.5. The minimum Gasteiger partial charge on any atom is -0.387 e. The van der Waals surface area contributed by atoms with Crippen LogP contribution in [0.3, 0.4) is 0 Å². The number of hydrogen-bond donors (Lipinski definition) is 7. The summed E-state index contributed by atoms with van der Waals surface area (Å²) in [7, 11) is -14.4. The molecule has 1 fully saturated rings. The van der Waals surface area contributed by atoms with Gasteiger partial charge in [-0.15, -0.1) is 0 Å². The maximum Gasteiger partial charge on any atom is 0.337 e. The summed E-state index contributed by atoms with van der Waals surface area (Å²) in [6.45, 7) is -0.776. The SMILES string of the molecule is Nc1ncnc2c1ncn2[C@@H]1O[C@@H](COP(=O)(O)CP(=O)(O)CP(=O)(O)O)[C@H](O)[C@@H]1O. The highest BCUT2D eigenvalue weighted by molar-refractivity contribution is 7.79. The predicted octanol–water partition coefficient (Wildman–Crippen LogP) is -1.41. The molecule has 0 radical (unpaired) electrons. The van der Waals surface area contributed by atoms with Crippen LogP contribution in [-0.4, -0.2) is 86.0 Å². The summed E-state index contributed by atoms with van der Waals surface area (Å²) in [4.78, 5) is 48.7. The maximum absolute atomic E-state index is 12.1. The number of fused-ring (bicyclic) bond motifs is 1. The van der Waals surface area contributed by atoms with Crippen LogP contribution in [0.2, 0.25) is 0 Å². The number of imidazole rings is 1. The van der Waals surface area contributed by atoms with Gasteiger partial charge in [0.05, 0.1) is 12.9 Å². The quantitative estimate of drug-likeness (QED) is 0.204. The van der Waals surface area contributed by atoms with Gasteiger partial charge in [-0.05, 0) is 0 Å². The van der Waals surface area contributed by atoms with Gasteiger partial charge in [0, 0.05) is 0 Å². The molecule has 6 atom stereocenters. The van der Waals surface area contributed by atoms with Crippen LogP contribution in [0.1, 0.15) is 6.23 Å².